The molecule has 16 heavy (non-hydrogen) atoms. The Morgan fingerprint density at radius 1 is 1.19 bits per heavy atom. The van der Waals surface area contributed by atoms with E-state index >= 15 is 0 Å². The van der Waals surface area contributed by atoms with Gasteiger partial charge in [-0.05, 0) is 23.6 Å². The molecule has 0 N–H and O–H groups in total. The molecule has 0 atom stereocenters. The number of Topliss-reactive ketones (excluding diaryl/α,β-unsaturated/α-hetero) is 1. The number of hydrogen-bond donors (Lipinski definition) is 0. The first kappa shape index (κ1) is 11.8. The van der Waals surface area contributed by atoms with E-state index in [0.29, 0.717) is 18.1 Å². The topological polar surface area (TPSA) is 17.1 Å². The van der Waals surface area contributed by atoms with Crippen molar-refractivity contribution in [2.75, 3.05) is 0 Å². The van der Waals surface area contributed by atoms with Crippen LogP contribution in [0.3, 0.4) is 0 Å². The van der Waals surface area contributed by atoms with Crippen LogP contribution in [0.5, 0.6) is 0 Å². The molecule has 0 radical (unpaired) electrons. The van der Waals surface area contributed by atoms with Crippen molar-refractivity contribution < 1.29 is 4.79 Å². The molecule has 0 aliphatic heterocycles. The molecule has 1 nitrogen and oxygen atoms in total. The second-order valence-corrected chi connectivity index (χ2v) is 5.61. The van der Waals surface area contributed by atoms with Crippen LogP contribution in [-0.2, 0) is 11.2 Å². The zero-order valence-corrected chi connectivity index (χ0v) is 11.0. The molecule has 0 saturated heterocycles. The van der Waals surface area contributed by atoms with Crippen molar-refractivity contribution in [3.63, 3.8) is 0 Å². The number of carbonyl (C=O) groups is 1. The highest BCUT2D eigenvalue weighted by molar-refractivity contribution is 9.10. The van der Waals surface area contributed by atoms with Gasteiger partial charge in [-0.2, -0.15) is 0 Å². The maximum absolute atomic E-state index is 11.8. The number of halogens is 1. The van der Waals surface area contributed by atoms with E-state index in [1.165, 1.54) is 25.7 Å². The van der Waals surface area contributed by atoms with Gasteiger partial charge in [0.2, 0.25) is 0 Å². The lowest BCUT2D eigenvalue weighted by molar-refractivity contribution is -0.119. The molecule has 0 bridgehead atoms. The zero-order chi connectivity index (χ0) is 11.4. The lowest BCUT2D eigenvalue weighted by Gasteiger charge is -2.07. The number of hydrogen-bond acceptors (Lipinski definition) is 1. The Bertz CT molecular complexity index is 350. The van der Waals surface area contributed by atoms with E-state index in [1.54, 1.807) is 0 Å². The van der Waals surface area contributed by atoms with Crippen molar-refractivity contribution in [2.45, 2.75) is 38.5 Å². The van der Waals surface area contributed by atoms with E-state index in [1.807, 2.05) is 24.3 Å². The molecule has 0 aromatic heterocycles. The van der Waals surface area contributed by atoms with Gasteiger partial charge >= 0.3 is 0 Å². The molecule has 1 fully saturated rings. The van der Waals surface area contributed by atoms with Crippen molar-refractivity contribution in [1.82, 2.24) is 0 Å². The van der Waals surface area contributed by atoms with Gasteiger partial charge in [0.1, 0.15) is 5.78 Å². The quantitative estimate of drug-likeness (QED) is 0.810. The minimum atomic E-state index is 0.397. The van der Waals surface area contributed by atoms with Gasteiger partial charge in [0, 0.05) is 17.3 Å². The molecule has 1 aromatic rings. The summed E-state index contributed by atoms with van der Waals surface area (Å²) in [6.45, 7) is 0. The van der Waals surface area contributed by atoms with Crippen LogP contribution >= 0.6 is 15.9 Å². The standard InChI is InChI=1S/C14H17BrO/c15-13-7-5-12(6-8-13)10-14(16)9-11-3-1-2-4-11/h5-8,11H,1-4,9-10H2. The summed E-state index contributed by atoms with van der Waals surface area (Å²) in [7, 11) is 0. The summed E-state index contributed by atoms with van der Waals surface area (Å²) in [5.41, 5.74) is 1.13. The Hall–Kier alpha value is -0.630. The average molecular weight is 281 g/mol. The molecule has 1 saturated carbocycles. The third-order valence-corrected chi connectivity index (χ3v) is 3.83. The van der Waals surface area contributed by atoms with E-state index in [9.17, 15) is 4.79 Å². The number of ketones is 1. The fraction of sp³-hybridized carbons (Fsp3) is 0.500. The monoisotopic (exact) mass is 280 g/mol. The fourth-order valence-electron chi connectivity index (χ4n) is 2.44. The maximum Gasteiger partial charge on any atom is 0.137 e. The van der Waals surface area contributed by atoms with Crippen molar-refractivity contribution in [2.24, 2.45) is 5.92 Å². The highest BCUT2D eigenvalue weighted by Gasteiger charge is 2.18. The van der Waals surface area contributed by atoms with Gasteiger partial charge in [-0.3, -0.25) is 4.79 Å². The molecule has 0 spiro atoms. The first-order valence-corrected chi connectivity index (χ1v) is 6.79. The molecular weight excluding hydrogens is 264 g/mol. The first-order valence-electron chi connectivity index (χ1n) is 6.00. The summed E-state index contributed by atoms with van der Waals surface area (Å²) >= 11 is 3.40. The second-order valence-electron chi connectivity index (χ2n) is 4.70. The third kappa shape index (κ3) is 3.44. The van der Waals surface area contributed by atoms with Crippen LogP contribution in [0.4, 0.5) is 0 Å². The zero-order valence-electron chi connectivity index (χ0n) is 9.42. The Morgan fingerprint density at radius 2 is 1.81 bits per heavy atom. The van der Waals surface area contributed by atoms with E-state index in [2.05, 4.69) is 15.9 Å². The SMILES string of the molecule is O=C(Cc1ccc(Br)cc1)CC1CCCC1. The van der Waals surface area contributed by atoms with Gasteiger partial charge in [0.15, 0.2) is 0 Å². The molecule has 0 unspecified atom stereocenters. The molecule has 86 valence electrons. The molecule has 2 heteroatoms. The smallest absolute Gasteiger partial charge is 0.137 e. The van der Waals surface area contributed by atoms with Gasteiger partial charge < -0.3 is 0 Å². The summed E-state index contributed by atoms with van der Waals surface area (Å²) in [5, 5.41) is 0. The minimum absolute atomic E-state index is 0.397. The van der Waals surface area contributed by atoms with Gasteiger partial charge in [0.05, 0.1) is 0 Å². The minimum Gasteiger partial charge on any atom is -0.299 e. The molecule has 1 aliphatic rings. The number of rotatable bonds is 4. The summed E-state index contributed by atoms with van der Waals surface area (Å²) in [4.78, 5) is 11.8. The van der Waals surface area contributed by atoms with Crippen LogP contribution in [0.25, 0.3) is 0 Å². The van der Waals surface area contributed by atoms with Crippen LogP contribution in [0.2, 0.25) is 0 Å². The second kappa shape index (κ2) is 5.62. The van der Waals surface area contributed by atoms with Crippen molar-refractivity contribution in [3.8, 4) is 0 Å². The van der Waals surface area contributed by atoms with Crippen LogP contribution in [0.1, 0.15) is 37.7 Å². The highest BCUT2D eigenvalue weighted by atomic mass is 79.9. The lowest BCUT2D eigenvalue weighted by Crippen LogP contribution is -2.08. The van der Waals surface area contributed by atoms with Crippen LogP contribution < -0.4 is 0 Å². The number of carbonyl (C=O) groups excluding carboxylic acids is 1. The van der Waals surface area contributed by atoms with Gasteiger partial charge in [-0.1, -0.05) is 53.7 Å². The van der Waals surface area contributed by atoms with Crippen molar-refractivity contribution in [1.29, 1.82) is 0 Å². The molecule has 1 aliphatic carbocycles. The maximum atomic E-state index is 11.8. The predicted octanol–water partition coefficient (Wildman–Crippen LogP) is 4.14. The summed E-state index contributed by atoms with van der Waals surface area (Å²) in [6.07, 6.45) is 6.53. The predicted molar refractivity (Wildman–Crippen MR) is 69.4 cm³/mol. The van der Waals surface area contributed by atoms with Gasteiger partial charge in [0.25, 0.3) is 0 Å². The van der Waals surface area contributed by atoms with E-state index in [0.717, 1.165) is 16.5 Å². The fourth-order valence-corrected chi connectivity index (χ4v) is 2.70. The Labute approximate surface area is 105 Å². The normalized spacial score (nSPS) is 16.6. The van der Waals surface area contributed by atoms with Crippen LogP contribution in [0.15, 0.2) is 28.7 Å². The van der Waals surface area contributed by atoms with E-state index < -0.39 is 0 Å². The Balaban J connectivity index is 1.84. The van der Waals surface area contributed by atoms with E-state index in [4.69, 9.17) is 0 Å². The third-order valence-electron chi connectivity index (χ3n) is 3.31. The summed E-state index contributed by atoms with van der Waals surface area (Å²) in [6, 6.07) is 8.05. The van der Waals surface area contributed by atoms with Crippen molar-refractivity contribution >= 4 is 21.7 Å². The molecular formula is C14H17BrO. The number of benzene rings is 1. The van der Waals surface area contributed by atoms with Crippen molar-refractivity contribution in [3.05, 3.63) is 34.3 Å². The Morgan fingerprint density at radius 3 is 2.44 bits per heavy atom. The van der Waals surface area contributed by atoms with E-state index in [-0.39, 0.29) is 0 Å². The largest absolute Gasteiger partial charge is 0.299 e. The lowest BCUT2D eigenvalue weighted by atomic mass is 9.97. The van der Waals surface area contributed by atoms with Crippen LogP contribution in [0, 0.1) is 5.92 Å². The van der Waals surface area contributed by atoms with Crippen LogP contribution in [-0.4, -0.2) is 5.78 Å². The van der Waals surface area contributed by atoms with Gasteiger partial charge in [-0.15, -0.1) is 0 Å². The molecule has 0 amide bonds. The molecule has 0 heterocycles. The molecule has 1 aromatic carbocycles. The molecule has 2 rings (SSSR count). The van der Waals surface area contributed by atoms with Gasteiger partial charge in [-0.25, -0.2) is 0 Å². The first-order chi connectivity index (χ1) is 7.74. The average Bonchev–Trinajstić information content (AvgIpc) is 2.74. The summed E-state index contributed by atoms with van der Waals surface area (Å²) in [5.74, 6) is 1.07. The Kier molecular flexibility index (Phi) is 4.16. The summed E-state index contributed by atoms with van der Waals surface area (Å²) < 4.78 is 1.07. The highest BCUT2D eigenvalue weighted by Crippen LogP contribution is 2.28.